The lowest BCUT2D eigenvalue weighted by molar-refractivity contribution is -0.127. The Morgan fingerprint density at radius 2 is 1.90 bits per heavy atom. The standard InChI is InChI=1S/C17H24N2O2/c1-11-6-7-14(8-12(11)2)19-10-13(9-15(19)20)16(21)18-17(3,4)5/h6-8,13H,9-10H2,1-5H3,(H,18,21)/t13-/m1/s1. The molecule has 1 aliphatic heterocycles. The Labute approximate surface area is 126 Å². The molecule has 1 heterocycles. The van der Waals surface area contributed by atoms with Gasteiger partial charge < -0.3 is 10.2 Å². The van der Waals surface area contributed by atoms with Gasteiger partial charge in [0, 0.05) is 24.2 Å². The van der Waals surface area contributed by atoms with Gasteiger partial charge in [-0.1, -0.05) is 6.07 Å². The minimum absolute atomic E-state index is 0.0207. The van der Waals surface area contributed by atoms with Crippen LogP contribution in [0.1, 0.15) is 38.3 Å². The maximum absolute atomic E-state index is 12.2. The maximum Gasteiger partial charge on any atom is 0.227 e. The SMILES string of the molecule is Cc1ccc(N2C[C@H](C(=O)NC(C)(C)C)CC2=O)cc1C. The Morgan fingerprint density at radius 1 is 1.24 bits per heavy atom. The van der Waals surface area contributed by atoms with Crippen LogP contribution in [0.15, 0.2) is 18.2 Å². The number of rotatable bonds is 2. The molecule has 0 unspecified atom stereocenters. The maximum atomic E-state index is 12.2. The van der Waals surface area contributed by atoms with E-state index in [0.29, 0.717) is 6.54 Å². The van der Waals surface area contributed by atoms with E-state index in [2.05, 4.69) is 5.32 Å². The van der Waals surface area contributed by atoms with Crippen LogP contribution in [-0.4, -0.2) is 23.9 Å². The number of hydrogen-bond acceptors (Lipinski definition) is 2. The van der Waals surface area contributed by atoms with Gasteiger partial charge in [0.25, 0.3) is 0 Å². The van der Waals surface area contributed by atoms with Crippen molar-refractivity contribution in [3.8, 4) is 0 Å². The third-order valence-electron chi connectivity index (χ3n) is 3.80. The van der Waals surface area contributed by atoms with Crippen molar-refractivity contribution in [2.75, 3.05) is 11.4 Å². The molecule has 1 aliphatic rings. The zero-order valence-corrected chi connectivity index (χ0v) is 13.5. The number of benzene rings is 1. The normalized spacial score (nSPS) is 19.0. The van der Waals surface area contributed by atoms with Gasteiger partial charge in [-0.15, -0.1) is 0 Å². The summed E-state index contributed by atoms with van der Waals surface area (Å²) in [4.78, 5) is 26.1. The predicted molar refractivity (Wildman–Crippen MR) is 84.3 cm³/mol. The second kappa shape index (κ2) is 5.51. The smallest absolute Gasteiger partial charge is 0.227 e. The Balaban J connectivity index is 2.12. The zero-order chi connectivity index (χ0) is 15.8. The van der Waals surface area contributed by atoms with E-state index in [1.165, 1.54) is 5.56 Å². The van der Waals surface area contributed by atoms with Crippen LogP contribution in [0.3, 0.4) is 0 Å². The number of amides is 2. The molecule has 1 N–H and O–H groups in total. The van der Waals surface area contributed by atoms with Gasteiger partial charge in [0.2, 0.25) is 11.8 Å². The zero-order valence-electron chi connectivity index (χ0n) is 13.5. The lowest BCUT2D eigenvalue weighted by Gasteiger charge is -2.23. The summed E-state index contributed by atoms with van der Waals surface area (Å²) in [6, 6.07) is 5.97. The van der Waals surface area contributed by atoms with Crippen LogP contribution in [-0.2, 0) is 9.59 Å². The molecule has 1 aromatic rings. The highest BCUT2D eigenvalue weighted by atomic mass is 16.2. The van der Waals surface area contributed by atoms with Gasteiger partial charge in [-0.25, -0.2) is 0 Å². The summed E-state index contributed by atoms with van der Waals surface area (Å²) in [5, 5.41) is 2.96. The first-order valence-corrected chi connectivity index (χ1v) is 7.37. The number of aryl methyl sites for hydroxylation is 2. The van der Waals surface area contributed by atoms with Crippen molar-refractivity contribution in [3.05, 3.63) is 29.3 Å². The van der Waals surface area contributed by atoms with Gasteiger partial charge in [-0.2, -0.15) is 0 Å². The Morgan fingerprint density at radius 3 is 2.48 bits per heavy atom. The largest absolute Gasteiger partial charge is 0.351 e. The second-order valence-corrected chi connectivity index (χ2v) is 6.91. The Kier molecular flexibility index (Phi) is 4.08. The van der Waals surface area contributed by atoms with E-state index in [0.717, 1.165) is 11.3 Å². The minimum atomic E-state index is -0.270. The highest BCUT2D eigenvalue weighted by Crippen LogP contribution is 2.27. The van der Waals surface area contributed by atoms with E-state index >= 15 is 0 Å². The van der Waals surface area contributed by atoms with E-state index in [1.54, 1.807) is 4.90 Å². The summed E-state index contributed by atoms with van der Waals surface area (Å²) in [5.41, 5.74) is 2.97. The molecular formula is C17H24N2O2. The molecule has 4 heteroatoms. The molecule has 0 saturated carbocycles. The third-order valence-corrected chi connectivity index (χ3v) is 3.80. The van der Waals surface area contributed by atoms with E-state index in [9.17, 15) is 9.59 Å². The lowest BCUT2D eigenvalue weighted by Crippen LogP contribution is -2.44. The van der Waals surface area contributed by atoms with Crippen molar-refractivity contribution in [2.45, 2.75) is 46.6 Å². The summed E-state index contributed by atoms with van der Waals surface area (Å²) in [6.07, 6.45) is 0.287. The van der Waals surface area contributed by atoms with Crippen molar-refractivity contribution < 1.29 is 9.59 Å². The average Bonchev–Trinajstić information content (AvgIpc) is 2.73. The number of nitrogens with zero attached hydrogens (tertiary/aromatic N) is 1. The van der Waals surface area contributed by atoms with Crippen LogP contribution in [0.2, 0.25) is 0 Å². The number of anilines is 1. The monoisotopic (exact) mass is 288 g/mol. The molecule has 0 bridgehead atoms. The molecule has 0 spiro atoms. The minimum Gasteiger partial charge on any atom is -0.351 e. The molecule has 4 nitrogen and oxygen atoms in total. The third kappa shape index (κ3) is 3.63. The van der Waals surface area contributed by atoms with Gasteiger partial charge in [-0.05, 0) is 57.9 Å². The highest BCUT2D eigenvalue weighted by Gasteiger charge is 2.36. The number of carbonyl (C=O) groups is 2. The number of nitrogens with one attached hydrogen (secondary N) is 1. The lowest BCUT2D eigenvalue weighted by atomic mass is 10.0. The summed E-state index contributed by atoms with van der Waals surface area (Å²) in [7, 11) is 0. The van der Waals surface area contributed by atoms with Crippen LogP contribution < -0.4 is 10.2 Å². The number of hydrogen-bond donors (Lipinski definition) is 1. The molecule has 0 aromatic heterocycles. The quantitative estimate of drug-likeness (QED) is 0.909. The molecule has 1 aromatic carbocycles. The average molecular weight is 288 g/mol. The van der Waals surface area contributed by atoms with E-state index in [-0.39, 0.29) is 29.7 Å². The Hall–Kier alpha value is -1.84. The molecule has 2 rings (SSSR count). The van der Waals surface area contributed by atoms with Gasteiger partial charge in [0.15, 0.2) is 0 Å². The summed E-state index contributed by atoms with van der Waals surface area (Å²) in [5.74, 6) is -0.284. The highest BCUT2D eigenvalue weighted by molar-refractivity contribution is 6.00. The topological polar surface area (TPSA) is 49.4 Å². The summed E-state index contributed by atoms with van der Waals surface area (Å²) < 4.78 is 0. The second-order valence-electron chi connectivity index (χ2n) is 6.91. The first-order valence-electron chi connectivity index (χ1n) is 7.37. The number of carbonyl (C=O) groups excluding carboxylic acids is 2. The van der Waals surface area contributed by atoms with E-state index in [4.69, 9.17) is 0 Å². The predicted octanol–water partition coefficient (Wildman–Crippen LogP) is 2.57. The molecule has 2 amide bonds. The fourth-order valence-electron chi connectivity index (χ4n) is 2.50. The van der Waals surface area contributed by atoms with Crippen molar-refractivity contribution in [3.63, 3.8) is 0 Å². The molecule has 1 fully saturated rings. The summed E-state index contributed by atoms with van der Waals surface area (Å²) in [6.45, 7) is 10.4. The molecule has 114 valence electrons. The van der Waals surface area contributed by atoms with Crippen molar-refractivity contribution in [1.29, 1.82) is 0 Å². The molecule has 1 saturated heterocycles. The Bertz CT molecular complexity index is 573. The van der Waals surface area contributed by atoms with Gasteiger partial charge in [0.1, 0.15) is 0 Å². The molecule has 0 radical (unpaired) electrons. The van der Waals surface area contributed by atoms with Crippen molar-refractivity contribution >= 4 is 17.5 Å². The summed E-state index contributed by atoms with van der Waals surface area (Å²) >= 11 is 0. The van der Waals surface area contributed by atoms with Crippen LogP contribution in [0.25, 0.3) is 0 Å². The van der Waals surface area contributed by atoms with Crippen LogP contribution in [0.5, 0.6) is 0 Å². The van der Waals surface area contributed by atoms with E-state index in [1.807, 2.05) is 52.8 Å². The fraction of sp³-hybridized carbons (Fsp3) is 0.529. The van der Waals surface area contributed by atoms with Crippen molar-refractivity contribution in [1.82, 2.24) is 5.32 Å². The van der Waals surface area contributed by atoms with E-state index < -0.39 is 0 Å². The van der Waals surface area contributed by atoms with Gasteiger partial charge in [0.05, 0.1) is 5.92 Å². The first kappa shape index (κ1) is 15.5. The molecule has 21 heavy (non-hydrogen) atoms. The van der Waals surface area contributed by atoms with Crippen LogP contribution >= 0.6 is 0 Å². The van der Waals surface area contributed by atoms with Crippen molar-refractivity contribution in [2.24, 2.45) is 5.92 Å². The fourth-order valence-corrected chi connectivity index (χ4v) is 2.50. The van der Waals surface area contributed by atoms with Crippen LogP contribution in [0, 0.1) is 19.8 Å². The molecule has 0 aliphatic carbocycles. The van der Waals surface area contributed by atoms with Crippen LogP contribution in [0.4, 0.5) is 5.69 Å². The molecule has 1 atom stereocenters. The first-order chi connectivity index (χ1) is 9.67. The molecular weight excluding hydrogens is 264 g/mol. The van der Waals surface area contributed by atoms with Gasteiger partial charge >= 0.3 is 0 Å². The van der Waals surface area contributed by atoms with Gasteiger partial charge in [-0.3, -0.25) is 9.59 Å².